The van der Waals surface area contributed by atoms with Gasteiger partial charge in [0.2, 0.25) is 5.91 Å². The summed E-state index contributed by atoms with van der Waals surface area (Å²) in [5, 5.41) is 11.6. The Kier molecular flexibility index (Phi) is 6.22. The van der Waals surface area contributed by atoms with E-state index in [4.69, 9.17) is 5.11 Å². The maximum atomic E-state index is 11.6. The zero-order chi connectivity index (χ0) is 12.7. The van der Waals surface area contributed by atoms with Crippen LogP contribution in [0.1, 0.15) is 37.8 Å². The molecule has 3 nitrogen and oxygen atoms in total. The van der Waals surface area contributed by atoms with Crippen LogP contribution in [0.3, 0.4) is 0 Å². The van der Waals surface area contributed by atoms with Crippen LogP contribution in [-0.4, -0.2) is 17.6 Å². The highest BCUT2D eigenvalue weighted by atomic mass is 79.9. The molecule has 0 aliphatic heterocycles. The molecule has 0 saturated heterocycles. The first-order valence-electron chi connectivity index (χ1n) is 5.83. The topological polar surface area (TPSA) is 49.3 Å². The third kappa shape index (κ3) is 4.88. The van der Waals surface area contributed by atoms with Gasteiger partial charge in [-0.3, -0.25) is 4.79 Å². The first-order chi connectivity index (χ1) is 8.17. The molecular weight excluding hydrogens is 282 g/mol. The molecule has 0 saturated carbocycles. The molecule has 0 heterocycles. The van der Waals surface area contributed by atoms with Crippen LogP contribution in [0.2, 0.25) is 0 Å². The van der Waals surface area contributed by atoms with Gasteiger partial charge < -0.3 is 10.4 Å². The van der Waals surface area contributed by atoms with Crippen molar-refractivity contribution >= 4 is 21.8 Å². The monoisotopic (exact) mass is 299 g/mol. The number of carbonyl (C=O) groups is 1. The second-order valence-corrected chi connectivity index (χ2v) is 4.82. The average molecular weight is 300 g/mol. The number of carbonyl (C=O) groups excluding carboxylic acids is 1. The number of halogens is 1. The minimum atomic E-state index is -0.00572. The SMILES string of the molecule is CCC(NC(=O)CCCO)c1ccc(Br)cc1. The summed E-state index contributed by atoms with van der Waals surface area (Å²) in [6.07, 6.45) is 1.75. The molecule has 0 aliphatic carbocycles. The third-order valence-corrected chi connectivity index (χ3v) is 3.11. The molecule has 0 aromatic heterocycles. The summed E-state index contributed by atoms with van der Waals surface area (Å²) in [5.74, 6) is -0.00572. The third-order valence-electron chi connectivity index (χ3n) is 2.58. The molecule has 4 heteroatoms. The van der Waals surface area contributed by atoms with Gasteiger partial charge in [0.05, 0.1) is 6.04 Å². The maximum absolute atomic E-state index is 11.6. The Morgan fingerprint density at radius 2 is 2.06 bits per heavy atom. The van der Waals surface area contributed by atoms with Gasteiger partial charge >= 0.3 is 0 Å². The highest BCUT2D eigenvalue weighted by Crippen LogP contribution is 2.19. The van der Waals surface area contributed by atoms with Gasteiger partial charge in [0.15, 0.2) is 0 Å². The van der Waals surface area contributed by atoms with E-state index in [1.165, 1.54) is 0 Å². The van der Waals surface area contributed by atoms with E-state index < -0.39 is 0 Å². The Bertz CT molecular complexity index is 351. The summed E-state index contributed by atoms with van der Waals surface area (Å²) < 4.78 is 1.03. The molecule has 0 aliphatic rings. The lowest BCUT2D eigenvalue weighted by molar-refractivity contribution is -0.122. The van der Waals surface area contributed by atoms with Crippen molar-refractivity contribution in [1.29, 1.82) is 0 Å². The zero-order valence-electron chi connectivity index (χ0n) is 9.95. The minimum Gasteiger partial charge on any atom is -0.396 e. The molecule has 0 bridgehead atoms. The van der Waals surface area contributed by atoms with Gasteiger partial charge in [-0.1, -0.05) is 35.0 Å². The van der Waals surface area contributed by atoms with Gasteiger partial charge in [0.25, 0.3) is 0 Å². The van der Waals surface area contributed by atoms with Crippen molar-refractivity contribution in [3.63, 3.8) is 0 Å². The van der Waals surface area contributed by atoms with E-state index in [0.717, 1.165) is 16.5 Å². The maximum Gasteiger partial charge on any atom is 0.220 e. The lowest BCUT2D eigenvalue weighted by Gasteiger charge is -2.17. The number of rotatable bonds is 6. The molecule has 1 aromatic carbocycles. The van der Waals surface area contributed by atoms with Crippen molar-refractivity contribution < 1.29 is 9.90 Å². The summed E-state index contributed by atoms with van der Waals surface area (Å²) >= 11 is 3.39. The molecule has 94 valence electrons. The van der Waals surface area contributed by atoms with E-state index >= 15 is 0 Å². The largest absolute Gasteiger partial charge is 0.396 e. The molecule has 1 amide bonds. The molecule has 1 rings (SSSR count). The predicted molar refractivity (Wildman–Crippen MR) is 71.6 cm³/mol. The van der Waals surface area contributed by atoms with E-state index in [-0.39, 0.29) is 18.6 Å². The van der Waals surface area contributed by atoms with Gasteiger partial charge in [-0.15, -0.1) is 0 Å². The van der Waals surface area contributed by atoms with E-state index in [1.807, 2.05) is 31.2 Å². The van der Waals surface area contributed by atoms with Crippen LogP contribution in [0.25, 0.3) is 0 Å². The molecular formula is C13H18BrNO2. The highest BCUT2D eigenvalue weighted by molar-refractivity contribution is 9.10. The normalized spacial score (nSPS) is 12.2. The lowest BCUT2D eigenvalue weighted by atomic mass is 10.0. The number of benzene rings is 1. The molecule has 1 unspecified atom stereocenters. The number of aliphatic hydroxyl groups excluding tert-OH is 1. The minimum absolute atomic E-state index is 0.00572. The first kappa shape index (κ1) is 14.2. The fourth-order valence-electron chi connectivity index (χ4n) is 1.62. The van der Waals surface area contributed by atoms with E-state index in [9.17, 15) is 4.79 Å². The van der Waals surface area contributed by atoms with Crippen molar-refractivity contribution in [1.82, 2.24) is 5.32 Å². The standard InChI is InChI=1S/C13H18BrNO2/c1-2-12(15-13(17)4-3-9-16)10-5-7-11(14)8-6-10/h5-8,12,16H,2-4,9H2,1H3,(H,15,17). The van der Waals surface area contributed by atoms with Crippen LogP contribution >= 0.6 is 15.9 Å². The van der Waals surface area contributed by atoms with E-state index in [0.29, 0.717) is 12.8 Å². The first-order valence-corrected chi connectivity index (χ1v) is 6.62. The van der Waals surface area contributed by atoms with Crippen LogP contribution in [0.5, 0.6) is 0 Å². The highest BCUT2D eigenvalue weighted by Gasteiger charge is 2.11. The number of amides is 1. The Morgan fingerprint density at radius 1 is 1.41 bits per heavy atom. The van der Waals surface area contributed by atoms with Crippen LogP contribution in [0.15, 0.2) is 28.7 Å². The summed E-state index contributed by atoms with van der Waals surface area (Å²) in [4.78, 5) is 11.6. The number of hydrogen-bond donors (Lipinski definition) is 2. The van der Waals surface area contributed by atoms with Crippen LogP contribution < -0.4 is 5.32 Å². The number of nitrogens with one attached hydrogen (secondary N) is 1. The Hall–Kier alpha value is -0.870. The summed E-state index contributed by atoms with van der Waals surface area (Å²) in [6, 6.07) is 8.00. The molecule has 1 atom stereocenters. The van der Waals surface area contributed by atoms with E-state index in [2.05, 4.69) is 21.2 Å². The Morgan fingerprint density at radius 3 is 2.59 bits per heavy atom. The number of hydrogen-bond acceptors (Lipinski definition) is 2. The summed E-state index contributed by atoms with van der Waals surface area (Å²) in [5.41, 5.74) is 1.10. The molecule has 0 spiro atoms. The smallest absolute Gasteiger partial charge is 0.220 e. The van der Waals surface area contributed by atoms with Gasteiger partial charge in [0.1, 0.15) is 0 Å². The lowest BCUT2D eigenvalue weighted by Crippen LogP contribution is -2.28. The van der Waals surface area contributed by atoms with Gasteiger partial charge in [-0.25, -0.2) is 0 Å². The quantitative estimate of drug-likeness (QED) is 0.848. The fourth-order valence-corrected chi connectivity index (χ4v) is 1.89. The van der Waals surface area contributed by atoms with Crippen molar-refractivity contribution in [2.75, 3.05) is 6.61 Å². The average Bonchev–Trinajstić information content (AvgIpc) is 2.34. The zero-order valence-corrected chi connectivity index (χ0v) is 11.5. The van der Waals surface area contributed by atoms with Crippen molar-refractivity contribution in [2.24, 2.45) is 0 Å². The van der Waals surface area contributed by atoms with Crippen LogP contribution in [-0.2, 0) is 4.79 Å². The van der Waals surface area contributed by atoms with Gasteiger partial charge in [-0.05, 0) is 30.5 Å². The summed E-state index contributed by atoms with van der Waals surface area (Å²) in [7, 11) is 0. The number of aliphatic hydroxyl groups is 1. The molecule has 0 fully saturated rings. The van der Waals surface area contributed by atoms with Crippen molar-refractivity contribution in [3.05, 3.63) is 34.3 Å². The van der Waals surface area contributed by atoms with Crippen molar-refractivity contribution in [2.45, 2.75) is 32.2 Å². The Balaban J connectivity index is 2.59. The predicted octanol–water partition coefficient (Wildman–Crippen LogP) is 2.79. The fraction of sp³-hybridized carbons (Fsp3) is 0.462. The summed E-state index contributed by atoms with van der Waals surface area (Å²) in [6.45, 7) is 2.10. The van der Waals surface area contributed by atoms with Gasteiger partial charge in [-0.2, -0.15) is 0 Å². The van der Waals surface area contributed by atoms with Gasteiger partial charge in [0, 0.05) is 17.5 Å². The van der Waals surface area contributed by atoms with Crippen molar-refractivity contribution in [3.8, 4) is 0 Å². The molecule has 0 radical (unpaired) electrons. The molecule has 1 aromatic rings. The Labute approximate surface area is 110 Å². The van der Waals surface area contributed by atoms with Crippen LogP contribution in [0, 0.1) is 0 Å². The molecule has 17 heavy (non-hydrogen) atoms. The second-order valence-electron chi connectivity index (χ2n) is 3.91. The molecule has 2 N–H and O–H groups in total. The second kappa shape index (κ2) is 7.45. The van der Waals surface area contributed by atoms with Crippen LogP contribution in [0.4, 0.5) is 0 Å². The van der Waals surface area contributed by atoms with E-state index in [1.54, 1.807) is 0 Å².